The van der Waals surface area contributed by atoms with Gasteiger partial charge in [0.05, 0.1) is 5.56 Å². The Morgan fingerprint density at radius 1 is 1.31 bits per heavy atom. The Morgan fingerprint density at radius 3 is 2.38 bits per heavy atom. The third-order valence-electron chi connectivity index (χ3n) is 2.78. The Kier molecular flexibility index (Phi) is 2.52. The molecule has 1 fully saturated rings. The molecule has 0 N–H and O–H groups in total. The molecule has 0 spiro atoms. The van der Waals surface area contributed by atoms with E-state index >= 15 is 0 Å². The molecular weight excluding hydrogens is 217 g/mol. The third-order valence-corrected chi connectivity index (χ3v) is 2.78. The Hall–Kier alpha value is -1.32. The van der Waals surface area contributed by atoms with Gasteiger partial charge in [0.1, 0.15) is 0 Å². The van der Waals surface area contributed by atoms with Crippen LogP contribution in [0.15, 0.2) is 18.2 Å². The Bertz CT molecular complexity index is 430. The number of carbonyl (C=O) groups is 1. The molecule has 0 unspecified atom stereocenters. The molecule has 0 amide bonds. The van der Waals surface area contributed by atoms with E-state index in [0.29, 0.717) is 5.56 Å². The summed E-state index contributed by atoms with van der Waals surface area (Å²) in [5.41, 5.74) is -0.348. The summed E-state index contributed by atoms with van der Waals surface area (Å²) in [4.78, 5) is 11.1. The highest BCUT2D eigenvalue weighted by Gasteiger charge is 2.36. The molecule has 0 aromatic heterocycles. The van der Waals surface area contributed by atoms with Crippen LogP contribution in [0.2, 0.25) is 0 Å². The molecule has 0 heterocycles. The topological polar surface area (TPSA) is 17.1 Å². The van der Waals surface area contributed by atoms with Gasteiger partial charge in [-0.25, -0.2) is 0 Å². The average Bonchev–Trinajstić information content (AvgIpc) is 2.98. The molecule has 1 saturated carbocycles. The summed E-state index contributed by atoms with van der Waals surface area (Å²) in [6.07, 6.45) is -2.57. The van der Waals surface area contributed by atoms with Gasteiger partial charge in [0.15, 0.2) is 5.78 Å². The Balaban J connectivity index is 2.50. The van der Waals surface area contributed by atoms with Crippen molar-refractivity contribution in [2.24, 2.45) is 0 Å². The Labute approximate surface area is 91.3 Å². The van der Waals surface area contributed by atoms with Crippen molar-refractivity contribution >= 4 is 5.78 Å². The summed E-state index contributed by atoms with van der Waals surface area (Å²) in [7, 11) is 0. The number of benzene rings is 1. The van der Waals surface area contributed by atoms with Gasteiger partial charge in [0.25, 0.3) is 0 Å². The van der Waals surface area contributed by atoms with E-state index in [2.05, 4.69) is 0 Å². The fourth-order valence-electron chi connectivity index (χ4n) is 1.77. The van der Waals surface area contributed by atoms with E-state index in [9.17, 15) is 18.0 Å². The molecule has 1 nitrogen and oxygen atoms in total. The summed E-state index contributed by atoms with van der Waals surface area (Å²) < 4.78 is 38.2. The number of halogens is 3. The van der Waals surface area contributed by atoms with Crippen molar-refractivity contribution in [1.29, 1.82) is 0 Å². The molecule has 0 bridgehead atoms. The van der Waals surface area contributed by atoms with Crippen LogP contribution in [-0.2, 0) is 6.18 Å². The van der Waals surface area contributed by atoms with Gasteiger partial charge in [-0.1, -0.05) is 12.1 Å². The van der Waals surface area contributed by atoms with Gasteiger partial charge in [-0.05, 0) is 37.3 Å². The molecule has 86 valence electrons. The molecule has 0 saturated heterocycles. The summed E-state index contributed by atoms with van der Waals surface area (Å²) in [6.45, 7) is 1.15. The van der Waals surface area contributed by atoms with Crippen molar-refractivity contribution in [1.82, 2.24) is 0 Å². The van der Waals surface area contributed by atoms with E-state index in [4.69, 9.17) is 0 Å². The maximum Gasteiger partial charge on any atom is 0.417 e. The van der Waals surface area contributed by atoms with E-state index < -0.39 is 17.5 Å². The second-order valence-electron chi connectivity index (χ2n) is 4.13. The van der Waals surface area contributed by atoms with Crippen molar-refractivity contribution in [2.75, 3.05) is 0 Å². The first-order chi connectivity index (χ1) is 7.39. The molecule has 2 rings (SSSR count). The predicted octanol–water partition coefficient (Wildman–Crippen LogP) is 3.79. The molecule has 0 atom stereocenters. The highest BCUT2D eigenvalue weighted by molar-refractivity contribution is 5.95. The van der Waals surface area contributed by atoms with Crippen LogP contribution >= 0.6 is 0 Å². The molecule has 1 aliphatic carbocycles. The van der Waals surface area contributed by atoms with Crippen LogP contribution in [0, 0.1) is 0 Å². The minimum absolute atomic E-state index is 0.239. The minimum atomic E-state index is -4.45. The van der Waals surface area contributed by atoms with Crippen molar-refractivity contribution in [3.63, 3.8) is 0 Å². The third kappa shape index (κ3) is 2.10. The first-order valence-electron chi connectivity index (χ1n) is 5.11. The average molecular weight is 228 g/mol. The first kappa shape index (κ1) is 11.2. The minimum Gasteiger partial charge on any atom is -0.294 e. The highest BCUT2D eigenvalue weighted by Crippen LogP contribution is 2.42. The van der Waals surface area contributed by atoms with Crippen LogP contribution in [0.1, 0.15) is 47.2 Å². The SMILES string of the molecule is CC(=O)c1ccc(C2CC2)cc1C(F)(F)F. The standard InChI is InChI=1S/C12H11F3O/c1-7(16)10-5-4-9(8-2-3-8)6-11(10)12(13,14)15/h4-6,8H,2-3H2,1H3. The van der Waals surface area contributed by atoms with E-state index in [1.807, 2.05) is 0 Å². The van der Waals surface area contributed by atoms with Gasteiger partial charge >= 0.3 is 6.18 Å². The van der Waals surface area contributed by atoms with Crippen LogP contribution in [0.3, 0.4) is 0 Å². The van der Waals surface area contributed by atoms with Gasteiger partial charge in [0.2, 0.25) is 0 Å². The van der Waals surface area contributed by atoms with Crippen LogP contribution in [0.25, 0.3) is 0 Å². The maximum absolute atomic E-state index is 12.7. The number of rotatable bonds is 2. The van der Waals surface area contributed by atoms with Crippen LogP contribution in [0.5, 0.6) is 0 Å². The lowest BCUT2D eigenvalue weighted by atomic mass is 9.99. The fraction of sp³-hybridized carbons (Fsp3) is 0.417. The smallest absolute Gasteiger partial charge is 0.294 e. The van der Waals surface area contributed by atoms with Crippen molar-refractivity contribution in [3.05, 3.63) is 34.9 Å². The summed E-state index contributed by atoms with van der Waals surface area (Å²) >= 11 is 0. The van der Waals surface area contributed by atoms with Crippen LogP contribution in [0.4, 0.5) is 13.2 Å². The lowest BCUT2D eigenvalue weighted by molar-refractivity contribution is -0.137. The number of ketones is 1. The van der Waals surface area contributed by atoms with E-state index in [1.165, 1.54) is 6.07 Å². The zero-order chi connectivity index (χ0) is 11.9. The first-order valence-corrected chi connectivity index (χ1v) is 5.11. The van der Waals surface area contributed by atoms with Gasteiger partial charge < -0.3 is 0 Å². The zero-order valence-corrected chi connectivity index (χ0v) is 8.77. The highest BCUT2D eigenvalue weighted by atomic mass is 19.4. The molecule has 1 aromatic carbocycles. The molecule has 16 heavy (non-hydrogen) atoms. The van der Waals surface area contributed by atoms with Crippen LogP contribution in [-0.4, -0.2) is 5.78 Å². The zero-order valence-electron chi connectivity index (χ0n) is 8.77. The number of alkyl halides is 3. The van der Waals surface area contributed by atoms with E-state index in [1.54, 1.807) is 6.07 Å². The monoisotopic (exact) mass is 228 g/mol. The maximum atomic E-state index is 12.7. The summed E-state index contributed by atoms with van der Waals surface area (Å²) in [5, 5.41) is 0. The molecular formula is C12H11F3O. The number of carbonyl (C=O) groups excluding carboxylic acids is 1. The predicted molar refractivity (Wildman–Crippen MR) is 53.4 cm³/mol. The van der Waals surface area contributed by atoms with Gasteiger partial charge in [-0.3, -0.25) is 4.79 Å². The second kappa shape index (κ2) is 3.61. The Morgan fingerprint density at radius 2 is 1.94 bits per heavy atom. The van der Waals surface area contributed by atoms with Crippen molar-refractivity contribution < 1.29 is 18.0 Å². The molecule has 0 radical (unpaired) electrons. The van der Waals surface area contributed by atoms with Gasteiger partial charge in [0, 0.05) is 5.56 Å². The number of hydrogen-bond donors (Lipinski definition) is 0. The molecule has 0 aliphatic heterocycles. The summed E-state index contributed by atoms with van der Waals surface area (Å²) in [6, 6.07) is 4.04. The second-order valence-corrected chi connectivity index (χ2v) is 4.13. The van der Waals surface area contributed by atoms with E-state index in [-0.39, 0.29) is 11.5 Å². The van der Waals surface area contributed by atoms with E-state index in [0.717, 1.165) is 25.8 Å². The lowest BCUT2D eigenvalue weighted by Crippen LogP contribution is -2.12. The van der Waals surface area contributed by atoms with Crippen molar-refractivity contribution in [2.45, 2.75) is 31.9 Å². The molecule has 4 heteroatoms. The van der Waals surface area contributed by atoms with Gasteiger partial charge in [-0.15, -0.1) is 0 Å². The van der Waals surface area contributed by atoms with Gasteiger partial charge in [-0.2, -0.15) is 13.2 Å². The largest absolute Gasteiger partial charge is 0.417 e. The molecule has 1 aliphatic rings. The number of hydrogen-bond acceptors (Lipinski definition) is 1. The number of Topliss-reactive ketones (excluding diaryl/α,β-unsaturated/α-hetero) is 1. The van der Waals surface area contributed by atoms with Crippen LogP contribution < -0.4 is 0 Å². The summed E-state index contributed by atoms with van der Waals surface area (Å²) in [5.74, 6) is -0.295. The quantitative estimate of drug-likeness (QED) is 0.704. The molecule has 1 aromatic rings. The fourth-order valence-corrected chi connectivity index (χ4v) is 1.77. The lowest BCUT2D eigenvalue weighted by Gasteiger charge is -2.12. The van der Waals surface area contributed by atoms with Crippen molar-refractivity contribution in [3.8, 4) is 0 Å². The normalized spacial score (nSPS) is 16.2.